The molecular formula is C27H22FN3O2. The molecule has 5 nitrogen and oxygen atoms in total. The number of nitrogens with one attached hydrogen (secondary N) is 1. The molecule has 2 heterocycles. The van der Waals surface area contributed by atoms with Gasteiger partial charge in [-0.1, -0.05) is 66.7 Å². The molecule has 0 fully saturated rings. The van der Waals surface area contributed by atoms with Gasteiger partial charge in [0, 0.05) is 30.7 Å². The standard InChI is InChI=1S/C27H22FN3O2/c1-33-25-16-21(28)13-12-20(25)15-23-27(32)31-17-24(19-10-6-3-7-11-19)29-22(26(31)30-23)14-18-8-4-2-5-9-18/h2-13,16-17,29H,14-15H2,1H3. The van der Waals surface area contributed by atoms with Gasteiger partial charge in [-0.2, -0.15) is 0 Å². The molecule has 1 N–H and O–H groups in total. The maximum absolute atomic E-state index is 13.6. The van der Waals surface area contributed by atoms with Gasteiger partial charge in [0.1, 0.15) is 17.3 Å². The molecule has 2 aliphatic heterocycles. The van der Waals surface area contributed by atoms with Crippen molar-refractivity contribution in [3.63, 3.8) is 0 Å². The number of ether oxygens (including phenoxy) is 1. The van der Waals surface area contributed by atoms with E-state index in [0.29, 0.717) is 29.2 Å². The minimum Gasteiger partial charge on any atom is -0.496 e. The second-order valence-electron chi connectivity index (χ2n) is 7.86. The number of halogens is 1. The van der Waals surface area contributed by atoms with E-state index in [1.54, 1.807) is 16.8 Å². The summed E-state index contributed by atoms with van der Waals surface area (Å²) in [5.41, 5.74) is 4.65. The van der Waals surface area contributed by atoms with Crippen molar-refractivity contribution in [1.82, 2.24) is 14.5 Å². The van der Waals surface area contributed by atoms with Gasteiger partial charge >= 0.3 is 0 Å². The third-order valence-electron chi connectivity index (χ3n) is 5.66. The van der Waals surface area contributed by atoms with Crippen LogP contribution in [0.1, 0.15) is 22.5 Å². The Morgan fingerprint density at radius 3 is 2.42 bits per heavy atom. The molecule has 0 amide bonds. The monoisotopic (exact) mass is 439 g/mol. The van der Waals surface area contributed by atoms with Crippen molar-refractivity contribution in [1.29, 1.82) is 0 Å². The molecule has 3 aromatic carbocycles. The number of H-pyrrole nitrogens is 1. The van der Waals surface area contributed by atoms with Crippen LogP contribution in [0.5, 0.6) is 5.75 Å². The number of nitrogens with zero attached hydrogens (tertiary/aromatic N) is 2. The van der Waals surface area contributed by atoms with E-state index in [4.69, 9.17) is 9.72 Å². The molecule has 0 atom stereocenters. The fraction of sp³-hybridized carbons (Fsp3) is 0.111. The number of methoxy groups -OCH3 is 1. The van der Waals surface area contributed by atoms with Crippen molar-refractivity contribution in [3.8, 4) is 22.8 Å². The molecule has 6 heteroatoms. The van der Waals surface area contributed by atoms with Crippen LogP contribution in [0.2, 0.25) is 0 Å². The number of hydrogen-bond donors (Lipinski definition) is 1. The normalized spacial score (nSPS) is 11.1. The summed E-state index contributed by atoms with van der Waals surface area (Å²) in [7, 11) is 1.49. The second-order valence-corrected chi connectivity index (χ2v) is 7.86. The van der Waals surface area contributed by atoms with Gasteiger partial charge in [-0.05, 0) is 17.2 Å². The molecule has 0 spiro atoms. The molecule has 0 saturated carbocycles. The van der Waals surface area contributed by atoms with Gasteiger partial charge in [0.25, 0.3) is 5.56 Å². The Hall–Kier alpha value is -4.19. The van der Waals surface area contributed by atoms with Crippen molar-refractivity contribution >= 4 is 0 Å². The summed E-state index contributed by atoms with van der Waals surface area (Å²) < 4.78 is 20.5. The number of benzene rings is 3. The molecule has 0 bridgehead atoms. The van der Waals surface area contributed by atoms with Gasteiger partial charge in [-0.15, -0.1) is 0 Å². The molecule has 164 valence electrons. The largest absolute Gasteiger partial charge is 0.496 e. The van der Waals surface area contributed by atoms with Crippen molar-refractivity contribution in [3.05, 3.63) is 124 Å². The number of fused-ring (bicyclic) bond motifs is 1. The predicted octanol–water partition coefficient (Wildman–Crippen LogP) is 4.99. The molecule has 0 aliphatic carbocycles. The Balaban J connectivity index is 1.64. The van der Waals surface area contributed by atoms with Crippen LogP contribution >= 0.6 is 0 Å². The lowest BCUT2D eigenvalue weighted by molar-refractivity contribution is 0.407. The quantitative estimate of drug-likeness (QED) is 0.405. The summed E-state index contributed by atoms with van der Waals surface area (Å²) in [6.45, 7) is 0. The number of imidazole rings is 1. The van der Waals surface area contributed by atoms with Crippen LogP contribution in [0, 0.1) is 5.82 Å². The zero-order valence-corrected chi connectivity index (χ0v) is 18.1. The number of aromatic amines is 1. The summed E-state index contributed by atoms with van der Waals surface area (Å²) in [6, 6.07) is 24.2. The third kappa shape index (κ3) is 4.15. The zero-order valence-electron chi connectivity index (χ0n) is 18.1. The molecule has 0 aromatic heterocycles. The van der Waals surface area contributed by atoms with E-state index in [-0.39, 0.29) is 17.8 Å². The summed E-state index contributed by atoms with van der Waals surface area (Å²) in [5, 5.41) is 0. The van der Waals surface area contributed by atoms with Crippen LogP contribution < -0.4 is 10.3 Å². The Kier molecular flexibility index (Phi) is 5.48. The third-order valence-corrected chi connectivity index (χ3v) is 5.66. The SMILES string of the molecule is COc1cc(F)ccc1Cc1nc2c(Cc3ccccc3)[nH]c(-c3ccccc3)cn-2c1=O. The number of rotatable bonds is 6. The highest BCUT2D eigenvalue weighted by molar-refractivity contribution is 5.60. The molecule has 0 saturated heterocycles. The smallest absolute Gasteiger partial charge is 0.278 e. The van der Waals surface area contributed by atoms with Crippen LogP contribution in [0.4, 0.5) is 4.39 Å². The predicted molar refractivity (Wildman–Crippen MR) is 126 cm³/mol. The Labute approximate surface area is 190 Å². The van der Waals surface area contributed by atoms with Gasteiger partial charge < -0.3 is 9.72 Å². The summed E-state index contributed by atoms with van der Waals surface area (Å²) >= 11 is 0. The minimum absolute atomic E-state index is 0.197. The minimum atomic E-state index is -0.389. The number of hydrogen-bond acceptors (Lipinski definition) is 3. The Morgan fingerprint density at radius 2 is 1.70 bits per heavy atom. The maximum atomic E-state index is 13.6. The van der Waals surface area contributed by atoms with Crippen molar-refractivity contribution < 1.29 is 9.13 Å². The Bertz CT molecular complexity index is 1430. The molecule has 5 rings (SSSR count). The van der Waals surface area contributed by atoms with Crippen LogP contribution in [0.3, 0.4) is 0 Å². The first kappa shape index (κ1) is 20.7. The van der Waals surface area contributed by atoms with Crippen molar-refractivity contribution in [2.45, 2.75) is 12.8 Å². The highest BCUT2D eigenvalue weighted by Crippen LogP contribution is 2.25. The van der Waals surface area contributed by atoms with E-state index in [1.165, 1.54) is 19.2 Å². The zero-order chi connectivity index (χ0) is 22.8. The van der Waals surface area contributed by atoms with Gasteiger partial charge in [0.2, 0.25) is 0 Å². The van der Waals surface area contributed by atoms with Crippen LogP contribution in [-0.2, 0) is 12.8 Å². The average molecular weight is 439 g/mol. The van der Waals surface area contributed by atoms with Crippen molar-refractivity contribution in [2.24, 2.45) is 0 Å². The fourth-order valence-corrected chi connectivity index (χ4v) is 4.02. The van der Waals surface area contributed by atoms with Crippen molar-refractivity contribution in [2.75, 3.05) is 7.11 Å². The summed E-state index contributed by atoms with van der Waals surface area (Å²) in [4.78, 5) is 21.6. The molecule has 2 aliphatic rings. The fourth-order valence-electron chi connectivity index (χ4n) is 4.02. The van der Waals surface area contributed by atoms with E-state index in [2.05, 4.69) is 4.98 Å². The van der Waals surface area contributed by atoms with E-state index >= 15 is 0 Å². The maximum Gasteiger partial charge on any atom is 0.278 e. The van der Waals surface area contributed by atoms with E-state index in [1.807, 2.05) is 60.7 Å². The highest BCUT2D eigenvalue weighted by Gasteiger charge is 2.21. The molecule has 0 unspecified atom stereocenters. The van der Waals surface area contributed by atoms with Gasteiger partial charge in [0.15, 0.2) is 5.82 Å². The number of aromatic nitrogens is 3. The molecular weight excluding hydrogens is 417 g/mol. The van der Waals surface area contributed by atoms with Crippen LogP contribution in [-0.4, -0.2) is 21.6 Å². The lowest BCUT2D eigenvalue weighted by Crippen LogP contribution is -2.18. The lowest BCUT2D eigenvalue weighted by Gasteiger charge is -2.13. The highest BCUT2D eigenvalue weighted by atomic mass is 19.1. The van der Waals surface area contributed by atoms with Gasteiger partial charge in [-0.25, -0.2) is 9.37 Å². The van der Waals surface area contributed by atoms with Crippen LogP contribution in [0.25, 0.3) is 17.1 Å². The second kappa shape index (κ2) is 8.74. The molecule has 33 heavy (non-hydrogen) atoms. The van der Waals surface area contributed by atoms with Crippen LogP contribution in [0.15, 0.2) is 89.9 Å². The summed E-state index contributed by atoms with van der Waals surface area (Å²) in [5.74, 6) is 0.590. The van der Waals surface area contributed by atoms with E-state index < -0.39 is 0 Å². The van der Waals surface area contributed by atoms with Gasteiger partial charge in [-0.3, -0.25) is 9.36 Å². The first-order chi connectivity index (χ1) is 16.1. The topological polar surface area (TPSA) is 59.9 Å². The average Bonchev–Trinajstić information content (AvgIpc) is 3.17. The first-order valence-corrected chi connectivity index (χ1v) is 10.7. The van der Waals surface area contributed by atoms with Gasteiger partial charge in [0.05, 0.1) is 18.5 Å². The van der Waals surface area contributed by atoms with E-state index in [0.717, 1.165) is 22.5 Å². The Morgan fingerprint density at radius 1 is 0.970 bits per heavy atom. The molecule has 3 aromatic rings. The van der Waals surface area contributed by atoms with E-state index in [9.17, 15) is 9.18 Å². The lowest BCUT2D eigenvalue weighted by atomic mass is 10.1. The first-order valence-electron chi connectivity index (χ1n) is 10.7. The summed E-state index contributed by atoms with van der Waals surface area (Å²) in [6.07, 6.45) is 2.63. The molecule has 0 radical (unpaired) electrons.